The maximum atomic E-state index is 12.2. The molecule has 0 saturated heterocycles. The SMILES string of the molecule is [2H]C([2H])(OC(=O)C(F)(F)F)Sc1ccc(-c2ccc(SCOC(=O)C(F)(F)F)cc2)cc1. The predicted molar refractivity (Wildman–Crippen MR) is 97.6 cm³/mol. The molecule has 0 amide bonds. The Kier molecular flexibility index (Phi) is 7.05. The highest BCUT2D eigenvalue weighted by atomic mass is 32.2. The van der Waals surface area contributed by atoms with Crippen LogP contribution < -0.4 is 0 Å². The van der Waals surface area contributed by atoms with Gasteiger partial charge in [-0.05, 0) is 35.4 Å². The van der Waals surface area contributed by atoms with Crippen molar-refractivity contribution in [3.8, 4) is 11.1 Å². The third-order valence-electron chi connectivity index (χ3n) is 3.21. The first-order chi connectivity index (χ1) is 14.7. The first-order valence-corrected chi connectivity index (χ1v) is 9.54. The highest BCUT2D eigenvalue weighted by molar-refractivity contribution is 7.99. The Morgan fingerprint density at radius 2 is 1.13 bits per heavy atom. The van der Waals surface area contributed by atoms with E-state index in [0.29, 0.717) is 16.0 Å². The molecule has 12 heteroatoms. The van der Waals surface area contributed by atoms with E-state index in [0.717, 1.165) is 11.8 Å². The summed E-state index contributed by atoms with van der Waals surface area (Å²) in [5.41, 5.74) is 1.34. The summed E-state index contributed by atoms with van der Waals surface area (Å²) in [5.74, 6) is -8.39. The van der Waals surface area contributed by atoms with Crippen LogP contribution in [0.15, 0.2) is 58.3 Å². The minimum absolute atomic E-state index is 0.201. The zero-order chi connectivity index (χ0) is 24.2. The average Bonchev–Trinajstić information content (AvgIpc) is 2.67. The summed E-state index contributed by atoms with van der Waals surface area (Å²) in [4.78, 5) is 22.2. The highest BCUT2D eigenvalue weighted by Gasteiger charge is 2.41. The van der Waals surface area contributed by atoms with E-state index in [1.54, 1.807) is 36.4 Å². The fraction of sp³-hybridized carbons (Fsp3) is 0.222. The van der Waals surface area contributed by atoms with E-state index < -0.39 is 36.1 Å². The van der Waals surface area contributed by atoms with Crippen LogP contribution in [-0.2, 0) is 19.1 Å². The topological polar surface area (TPSA) is 52.6 Å². The van der Waals surface area contributed by atoms with E-state index in [9.17, 15) is 35.9 Å². The molecule has 0 aliphatic carbocycles. The number of carbonyl (C=O) groups is 2. The minimum atomic E-state index is -5.32. The van der Waals surface area contributed by atoms with Gasteiger partial charge in [-0.3, -0.25) is 0 Å². The van der Waals surface area contributed by atoms with Crippen LogP contribution in [-0.4, -0.2) is 36.1 Å². The number of thioether (sulfide) groups is 2. The second kappa shape index (κ2) is 10.1. The van der Waals surface area contributed by atoms with Crippen LogP contribution in [0.3, 0.4) is 0 Å². The number of carbonyl (C=O) groups excluding carboxylic acids is 2. The fourth-order valence-corrected chi connectivity index (χ4v) is 2.97. The van der Waals surface area contributed by atoms with Gasteiger partial charge in [-0.1, -0.05) is 47.8 Å². The predicted octanol–water partition coefficient (Wildman–Crippen LogP) is 5.66. The number of esters is 2. The Morgan fingerprint density at radius 3 is 1.57 bits per heavy atom. The summed E-state index contributed by atoms with van der Waals surface area (Å²) in [6, 6.07) is 12.4. The molecule has 2 rings (SSSR count). The zero-order valence-corrected chi connectivity index (χ0v) is 16.2. The van der Waals surface area contributed by atoms with E-state index in [-0.39, 0.29) is 16.7 Å². The smallest absolute Gasteiger partial charge is 0.448 e. The number of ether oxygens (including phenoxy) is 2. The molecule has 0 radical (unpaired) electrons. The molecule has 162 valence electrons. The highest BCUT2D eigenvalue weighted by Crippen LogP contribution is 2.28. The molecule has 0 atom stereocenters. The Balaban J connectivity index is 1.95. The van der Waals surface area contributed by atoms with Crippen LogP contribution in [0.2, 0.25) is 0 Å². The van der Waals surface area contributed by atoms with Crippen LogP contribution in [0.4, 0.5) is 26.3 Å². The fourth-order valence-electron chi connectivity index (χ4n) is 1.86. The molecule has 0 unspecified atom stereocenters. The first kappa shape index (κ1) is 20.9. The van der Waals surface area contributed by atoms with Gasteiger partial charge in [0, 0.05) is 9.79 Å². The quantitative estimate of drug-likeness (QED) is 0.224. The molecule has 2 aromatic carbocycles. The molecule has 0 heterocycles. The Bertz CT molecular complexity index is 948. The normalized spacial score (nSPS) is 13.3. The molecule has 2 aromatic rings. The summed E-state index contributed by atoms with van der Waals surface area (Å²) in [6.07, 6.45) is -10.4. The van der Waals surface area contributed by atoms with Crippen LogP contribution in [0.1, 0.15) is 2.74 Å². The van der Waals surface area contributed by atoms with E-state index in [2.05, 4.69) is 9.47 Å². The lowest BCUT2D eigenvalue weighted by Gasteiger charge is -2.08. The molecule has 0 bridgehead atoms. The van der Waals surface area contributed by atoms with Crippen LogP contribution in [0.5, 0.6) is 0 Å². The maximum Gasteiger partial charge on any atom is 0.490 e. The van der Waals surface area contributed by atoms with Crippen molar-refractivity contribution in [1.82, 2.24) is 0 Å². The second-order valence-electron chi connectivity index (χ2n) is 5.31. The molecule has 0 N–H and O–H groups in total. The lowest BCUT2D eigenvalue weighted by Crippen LogP contribution is -2.25. The molecule has 0 aliphatic heterocycles. The Hall–Kier alpha value is -2.34. The molecule has 0 aromatic heterocycles. The second-order valence-corrected chi connectivity index (χ2v) is 7.15. The third-order valence-corrected chi connectivity index (χ3v) is 4.73. The minimum Gasteiger partial charge on any atom is -0.448 e. The van der Waals surface area contributed by atoms with Gasteiger partial charge in [0.05, 0.1) is 2.74 Å². The van der Waals surface area contributed by atoms with E-state index in [1.165, 1.54) is 12.1 Å². The monoisotopic (exact) mass is 472 g/mol. The zero-order valence-electron chi connectivity index (χ0n) is 16.5. The van der Waals surface area contributed by atoms with Crippen LogP contribution in [0, 0.1) is 0 Å². The van der Waals surface area contributed by atoms with Gasteiger partial charge in [-0.15, -0.1) is 0 Å². The van der Waals surface area contributed by atoms with E-state index >= 15 is 0 Å². The average molecular weight is 472 g/mol. The van der Waals surface area contributed by atoms with Crippen LogP contribution in [0.25, 0.3) is 11.1 Å². The lowest BCUT2D eigenvalue weighted by atomic mass is 10.1. The molecule has 0 spiro atoms. The molecule has 30 heavy (non-hydrogen) atoms. The maximum absolute atomic E-state index is 12.2. The number of rotatable bonds is 7. The summed E-state index contributed by atoms with van der Waals surface area (Å²) in [5, 5.41) is 0. The molecule has 0 saturated carbocycles. The van der Waals surface area contributed by atoms with E-state index in [4.69, 9.17) is 2.74 Å². The van der Waals surface area contributed by atoms with Crippen molar-refractivity contribution in [2.45, 2.75) is 22.1 Å². The largest absolute Gasteiger partial charge is 0.490 e. The van der Waals surface area contributed by atoms with E-state index in [1.807, 2.05) is 0 Å². The number of hydrogen-bond donors (Lipinski definition) is 0. The number of hydrogen-bond acceptors (Lipinski definition) is 6. The van der Waals surface area contributed by atoms with Gasteiger partial charge in [0.15, 0.2) is 0 Å². The van der Waals surface area contributed by atoms with Crippen molar-refractivity contribution in [2.24, 2.45) is 0 Å². The van der Waals surface area contributed by atoms with Crippen molar-refractivity contribution in [3.63, 3.8) is 0 Å². The summed E-state index contributed by atoms with van der Waals surface area (Å²) >= 11 is 1.15. The van der Waals surface area contributed by atoms with Gasteiger partial charge >= 0.3 is 24.3 Å². The molecular formula is C18H12F6O4S2. The van der Waals surface area contributed by atoms with Gasteiger partial charge in [0.25, 0.3) is 0 Å². The summed E-state index contributed by atoms with van der Waals surface area (Å²) in [6.45, 7) is 0. The molecule has 0 aliphatic rings. The van der Waals surface area contributed by atoms with Gasteiger partial charge in [0.2, 0.25) is 0 Å². The molecule has 0 fully saturated rings. The van der Waals surface area contributed by atoms with Crippen molar-refractivity contribution >= 4 is 35.5 Å². The summed E-state index contributed by atoms with van der Waals surface area (Å²) < 4.78 is 95.6. The number of alkyl halides is 6. The number of benzene rings is 2. The van der Waals surface area contributed by atoms with Crippen molar-refractivity contribution in [3.05, 3.63) is 48.5 Å². The van der Waals surface area contributed by atoms with Gasteiger partial charge < -0.3 is 9.47 Å². The van der Waals surface area contributed by atoms with Crippen molar-refractivity contribution in [2.75, 3.05) is 11.8 Å². The number of halogens is 6. The van der Waals surface area contributed by atoms with Crippen molar-refractivity contribution < 1.29 is 48.1 Å². The summed E-state index contributed by atoms with van der Waals surface area (Å²) in [7, 11) is 0. The standard InChI is InChI=1S/C18H12F6O4S2/c19-17(20,21)15(25)27-9-29-13-5-1-11(2-6-13)12-3-7-14(8-4-12)30-10-28-16(26)18(22,23)24/h1-8H,9-10H2/i9D2. The molecule has 4 nitrogen and oxygen atoms in total. The third kappa shape index (κ3) is 7.48. The first-order valence-electron chi connectivity index (χ1n) is 8.74. The van der Waals surface area contributed by atoms with Gasteiger partial charge in [-0.25, -0.2) is 9.59 Å². The molecular weight excluding hydrogens is 458 g/mol. The van der Waals surface area contributed by atoms with Gasteiger partial charge in [0.1, 0.15) is 11.8 Å². The Labute approximate surface area is 177 Å². The van der Waals surface area contributed by atoms with Gasteiger partial charge in [-0.2, -0.15) is 26.3 Å². The Morgan fingerprint density at radius 1 is 0.733 bits per heavy atom. The van der Waals surface area contributed by atoms with Crippen LogP contribution >= 0.6 is 23.5 Å². The lowest BCUT2D eigenvalue weighted by molar-refractivity contribution is -0.197. The van der Waals surface area contributed by atoms with Crippen molar-refractivity contribution in [1.29, 1.82) is 0 Å².